The molecule has 8 nitrogen and oxygen atoms in total. The molecule has 9 heteroatoms. The molecule has 0 bridgehead atoms. The summed E-state index contributed by atoms with van der Waals surface area (Å²) in [6.07, 6.45) is 1.91. The molecule has 0 aliphatic carbocycles. The van der Waals surface area contributed by atoms with Crippen LogP contribution in [-0.4, -0.2) is 28.5 Å². The van der Waals surface area contributed by atoms with Crippen LogP contribution >= 0.6 is 11.3 Å². The van der Waals surface area contributed by atoms with Crippen molar-refractivity contribution in [1.82, 2.24) is 9.13 Å². The summed E-state index contributed by atoms with van der Waals surface area (Å²) < 4.78 is 20.8. The molecular formula is C31H29N3O5S. The van der Waals surface area contributed by atoms with E-state index in [1.54, 1.807) is 24.5 Å². The van der Waals surface area contributed by atoms with Crippen LogP contribution in [-0.2, 0) is 9.53 Å². The summed E-state index contributed by atoms with van der Waals surface area (Å²) >= 11 is 1.31. The van der Waals surface area contributed by atoms with E-state index in [1.807, 2.05) is 25.1 Å². The molecule has 4 heterocycles. The van der Waals surface area contributed by atoms with Crippen LogP contribution in [0, 0.1) is 20.8 Å². The van der Waals surface area contributed by atoms with Crippen LogP contribution in [0.15, 0.2) is 69.6 Å². The Morgan fingerprint density at radius 3 is 2.58 bits per heavy atom. The number of esters is 1. The largest absolute Gasteiger partial charge is 0.463 e. The summed E-state index contributed by atoms with van der Waals surface area (Å²) in [6.45, 7) is 10.0. The third-order valence-electron chi connectivity index (χ3n) is 7.28. The van der Waals surface area contributed by atoms with Crippen molar-refractivity contribution in [2.45, 2.75) is 40.7 Å². The van der Waals surface area contributed by atoms with Crippen LogP contribution in [0.25, 0.3) is 11.8 Å². The standard InChI is InChI=1S/C31H29N3O5S/c1-6-37-30(36)27-19(4)32-31-34(28(27)21-9-12-24-25(14-21)39-16-38-24)29(35)26(40-31)15-22-13-18(3)33(20(22)5)23-10-7-17(2)8-11-23/h7-15,28H,6,16H2,1-5H3/b26-15-/t28-/m1/s1. The van der Waals surface area contributed by atoms with Crippen LogP contribution in [0.1, 0.15) is 48.0 Å². The van der Waals surface area contributed by atoms with Gasteiger partial charge in [0.2, 0.25) is 6.79 Å². The lowest BCUT2D eigenvalue weighted by Crippen LogP contribution is -2.39. The summed E-state index contributed by atoms with van der Waals surface area (Å²) in [5.41, 5.74) is 6.66. The Hall–Kier alpha value is -4.37. The highest BCUT2D eigenvalue weighted by molar-refractivity contribution is 7.07. The molecular weight excluding hydrogens is 526 g/mol. The van der Waals surface area contributed by atoms with Crippen molar-refractivity contribution in [1.29, 1.82) is 0 Å². The van der Waals surface area contributed by atoms with Gasteiger partial charge in [0.25, 0.3) is 5.56 Å². The first-order valence-corrected chi connectivity index (χ1v) is 13.9. The molecule has 0 saturated heterocycles. The number of ether oxygens (including phenoxy) is 3. The van der Waals surface area contributed by atoms with Gasteiger partial charge in [0, 0.05) is 17.1 Å². The molecule has 0 N–H and O–H groups in total. The zero-order valence-electron chi connectivity index (χ0n) is 23.0. The highest BCUT2D eigenvalue weighted by atomic mass is 32.1. The second-order valence-electron chi connectivity index (χ2n) is 9.91. The summed E-state index contributed by atoms with van der Waals surface area (Å²) in [7, 11) is 0. The molecule has 0 amide bonds. The molecule has 0 unspecified atom stereocenters. The molecule has 2 aromatic heterocycles. The minimum Gasteiger partial charge on any atom is -0.463 e. The fourth-order valence-corrected chi connectivity index (χ4v) is 6.39. The smallest absolute Gasteiger partial charge is 0.338 e. The quantitative estimate of drug-likeness (QED) is 0.344. The monoisotopic (exact) mass is 555 g/mol. The van der Waals surface area contributed by atoms with Crippen molar-refractivity contribution >= 4 is 23.4 Å². The van der Waals surface area contributed by atoms with Crippen LogP contribution in [0.2, 0.25) is 0 Å². The SMILES string of the molecule is CCOC(=O)C1=C(C)N=c2s/c(=C\c3cc(C)n(-c4ccc(C)cc4)c3C)c(=O)n2[C@@H]1c1ccc2c(c1)OCO2. The highest BCUT2D eigenvalue weighted by Gasteiger charge is 2.34. The summed E-state index contributed by atoms with van der Waals surface area (Å²) in [5, 5.41) is 0. The van der Waals surface area contributed by atoms with Crippen LogP contribution < -0.4 is 24.4 Å². The molecule has 1 atom stereocenters. The van der Waals surface area contributed by atoms with Gasteiger partial charge in [-0.15, -0.1) is 0 Å². The van der Waals surface area contributed by atoms with Gasteiger partial charge in [-0.1, -0.05) is 35.1 Å². The number of aromatic nitrogens is 2. The fourth-order valence-electron chi connectivity index (χ4n) is 5.36. The van der Waals surface area contributed by atoms with Gasteiger partial charge in [-0.25, -0.2) is 9.79 Å². The number of rotatable bonds is 5. The summed E-state index contributed by atoms with van der Waals surface area (Å²) in [4.78, 5) is 32.4. The average Bonchev–Trinajstić information content (AvgIpc) is 3.59. The summed E-state index contributed by atoms with van der Waals surface area (Å²) in [5.74, 6) is 0.696. The molecule has 6 rings (SSSR count). The van der Waals surface area contributed by atoms with Gasteiger partial charge in [-0.3, -0.25) is 9.36 Å². The number of benzene rings is 2. The lowest BCUT2D eigenvalue weighted by molar-refractivity contribution is -0.139. The molecule has 0 saturated carbocycles. The first-order valence-electron chi connectivity index (χ1n) is 13.1. The fraction of sp³-hybridized carbons (Fsp3) is 0.258. The number of carbonyl (C=O) groups is 1. The van der Waals surface area contributed by atoms with Crippen molar-refractivity contribution in [3.63, 3.8) is 0 Å². The van der Waals surface area contributed by atoms with E-state index < -0.39 is 12.0 Å². The van der Waals surface area contributed by atoms with E-state index in [0.717, 1.165) is 22.6 Å². The molecule has 0 spiro atoms. The van der Waals surface area contributed by atoms with Gasteiger partial charge in [0.05, 0.1) is 28.5 Å². The van der Waals surface area contributed by atoms with E-state index in [9.17, 15) is 9.59 Å². The van der Waals surface area contributed by atoms with Crippen LogP contribution in [0.3, 0.4) is 0 Å². The van der Waals surface area contributed by atoms with Gasteiger partial charge in [0.1, 0.15) is 0 Å². The normalized spacial score (nSPS) is 16.2. The first-order chi connectivity index (χ1) is 19.3. The van der Waals surface area contributed by atoms with E-state index in [1.165, 1.54) is 16.9 Å². The second kappa shape index (κ2) is 9.98. The van der Waals surface area contributed by atoms with Crippen molar-refractivity contribution < 1.29 is 19.0 Å². The predicted molar refractivity (Wildman–Crippen MR) is 153 cm³/mol. The Morgan fingerprint density at radius 1 is 1.07 bits per heavy atom. The summed E-state index contributed by atoms with van der Waals surface area (Å²) in [6, 6.07) is 15.2. The average molecular weight is 556 g/mol. The van der Waals surface area contributed by atoms with E-state index in [4.69, 9.17) is 14.2 Å². The minimum atomic E-state index is -0.716. The lowest BCUT2D eigenvalue weighted by atomic mass is 9.95. The zero-order chi connectivity index (χ0) is 28.1. The maximum Gasteiger partial charge on any atom is 0.338 e. The van der Waals surface area contributed by atoms with Crippen molar-refractivity contribution in [3.8, 4) is 17.2 Å². The van der Waals surface area contributed by atoms with Crippen LogP contribution in [0.5, 0.6) is 11.5 Å². The Labute approximate surface area is 235 Å². The Kier molecular flexibility index (Phi) is 6.46. The van der Waals surface area contributed by atoms with E-state index in [-0.39, 0.29) is 19.0 Å². The van der Waals surface area contributed by atoms with Gasteiger partial charge >= 0.3 is 5.97 Å². The Morgan fingerprint density at radius 2 is 1.82 bits per heavy atom. The highest BCUT2D eigenvalue weighted by Crippen LogP contribution is 2.38. The number of fused-ring (bicyclic) bond motifs is 2. The topological polar surface area (TPSA) is 84.1 Å². The number of carbonyl (C=O) groups excluding carboxylic acids is 1. The van der Waals surface area contributed by atoms with Gasteiger partial charge in [0.15, 0.2) is 16.3 Å². The van der Waals surface area contributed by atoms with Crippen molar-refractivity contribution in [2.75, 3.05) is 13.4 Å². The van der Waals surface area contributed by atoms with E-state index in [2.05, 4.69) is 53.7 Å². The zero-order valence-corrected chi connectivity index (χ0v) is 23.8. The van der Waals surface area contributed by atoms with Gasteiger partial charge in [-0.2, -0.15) is 0 Å². The number of aryl methyl sites for hydroxylation is 2. The molecule has 40 heavy (non-hydrogen) atoms. The second-order valence-corrected chi connectivity index (χ2v) is 10.9. The maximum atomic E-state index is 14.0. The molecule has 4 aromatic rings. The molecule has 204 valence electrons. The number of thiazole rings is 1. The molecule has 2 aliphatic rings. The number of hydrogen-bond donors (Lipinski definition) is 0. The van der Waals surface area contributed by atoms with E-state index >= 15 is 0 Å². The first kappa shape index (κ1) is 25.9. The Bertz CT molecular complexity index is 1880. The number of nitrogens with zero attached hydrogens (tertiary/aromatic N) is 3. The molecule has 0 radical (unpaired) electrons. The van der Waals surface area contributed by atoms with Crippen LogP contribution in [0.4, 0.5) is 0 Å². The van der Waals surface area contributed by atoms with Crippen molar-refractivity contribution in [2.24, 2.45) is 4.99 Å². The lowest BCUT2D eigenvalue weighted by Gasteiger charge is -2.24. The maximum absolute atomic E-state index is 14.0. The Balaban J connectivity index is 1.52. The molecule has 0 fully saturated rings. The van der Waals surface area contributed by atoms with Gasteiger partial charge in [-0.05, 0) is 82.2 Å². The van der Waals surface area contributed by atoms with Gasteiger partial charge < -0.3 is 18.8 Å². The number of hydrogen-bond acceptors (Lipinski definition) is 7. The number of allylic oxidation sites excluding steroid dienone is 1. The third-order valence-corrected chi connectivity index (χ3v) is 8.26. The minimum absolute atomic E-state index is 0.127. The molecule has 2 aromatic carbocycles. The van der Waals surface area contributed by atoms with E-state index in [0.29, 0.717) is 37.7 Å². The predicted octanol–water partition coefficient (Wildman–Crippen LogP) is 4.24. The third kappa shape index (κ3) is 4.26. The molecule has 2 aliphatic heterocycles. The van der Waals surface area contributed by atoms with Crippen molar-refractivity contribution in [3.05, 3.63) is 108 Å².